The molecule has 0 fully saturated rings. The van der Waals surface area contributed by atoms with Crippen LogP contribution < -0.4 is 15.4 Å². The molecule has 1 atom stereocenters. The molecule has 1 aromatic heterocycles. The molecule has 7 heteroatoms. The van der Waals surface area contributed by atoms with Gasteiger partial charge in [0.05, 0.1) is 11.1 Å². The monoisotopic (exact) mass is 399 g/mol. The van der Waals surface area contributed by atoms with Crippen LogP contribution in [0.3, 0.4) is 0 Å². The molecule has 0 saturated heterocycles. The van der Waals surface area contributed by atoms with Crippen molar-refractivity contribution in [3.63, 3.8) is 0 Å². The van der Waals surface area contributed by atoms with Gasteiger partial charge in [0.15, 0.2) is 11.9 Å². The van der Waals surface area contributed by atoms with Gasteiger partial charge in [0.1, 0.15) is 11.3 Å². The van der Waals surface area contributed by atoms with Crippen molar-refractivity contribution < 1.29 is 18.8 Å². The number of fused-ring (bicyclic) bond motifs is 2. The zero-order valence-electron chi connectivity index (χ0n) is 16.0. The number of carbonyl (C=O) groups excluding carboxylic acids is 2. The van der Waals surface area contributed by atoms with Gasteiger partial charge in [-0.2, -0.15) is 0 Å². The molecule has 3 aromatic carbocycles. The first-order chi connectivity index (χ1) is 14.6. The predicted octanol–water partition coefficient (Wildman–Crippen LogP) is 4.47. The van der Waals surface area contributed by atoms with Gasteiger partial charge in [0.25, 0.3) is 11.8 Å². The maximum atomic E-state index is 12.8. The van der Waals surface area contributed by atoms with Crippen LogP contribution in [0.5, 0.6) is 5.75 Å². The first kappa shape index (κ1) is 17.9. The standard InChI is InChI=1S/C23H17N3O4/c1-13-22(27)25-19-12-16(8-10-20(19)29-13)24-23(28)15-7-9-18-17(11-15)21(30-26-18)14-5-3-2-4-6-14/h2-13H,1H3,(H,24,28)(H,25,27)/t13-/m1/s1. The fourth-order valence-electron chi connectivity index (χ4n) is 3.37. The molecule has 2 heterocycles. The smallest absolute Gasteiger partial charge is 0.265 e. The van der Waals surface area contributed by atoms with E-state index in [1.54, 1.807) is 43.3 Å². The number of benzene rings is 3. The summed E-state index contributed by atoms with van der Waals surface area (Å²) in [6.45, 7) is 1.68. The Morgan fingerprint density at radius 1 is 1.07 bits per heavy atom. The molecular weight excluding hydrogens is 382 g/mol. The highest BCUT2D eigenvalue weighted by Gasteiger charge is 2.23. The van der Waals surface area contributed by atoms with Crippen LogP contribution in [0.4, 0.5) is 11.4 Å². The van der Waals surface area contributed by atoms with E-state index in [2.05, 4.69) is 15.8 Å². The van der Waals surface area contributed by atoms with Gasteiger partial charge in [-0.3, -0.25) is 9.59 Å². The first-order valence-electron chi connectivity index (χ1n) is 9.46. The number of anilines is 2. The molecule has 2 amide bonds. The van der Waals surface area contributed by atoms with E-state index in [1.165, 1.54) is 0 Å². The quantitative estimate of drug-likeness (QED) is 0.530. The Hall–Kier alpha value is -4.13. The second-order valence-corrected chi connectivity index (χ2v) is 7.02. The molecule has 0 unspecified atom stereocenters. The SMILES string of the molecule is C[C@H]1Oc2ccc(NC(=O)c3ccc4noc(-c5ccccc5)c4c3)cc2NC1=O. The summed E-state index contributed by atoms with van der Waals surface area (Å²) in [6, 6.07) is 19.9. The molecule has 148 valence electrons. The molecule has 5 rings (SSSR count). The van der Waals surface area contributed by atoms with Crippen molar-refractivity contribution in [3.8, 4) is 17.1 Å². The van der Waals surface area contributed by atoms with Gasteiger partial charge in [-0.15, -0.1) is 0 Å². The summed E-state index contributed by atoms with van der Waals surface area (Å²) in [5, 5.41) is 10.5. The molecule has 2 N–H and O–H groups in total. The molecule has 0 saturated carbocycles. The van der Waals surface area contributed by atoms with E-state index < -0.39 is 6.10 Å². The van der Waals surface area contributed by atoms with Gasteiger partial charge in [-0.1, -0.05) is 35.5 Å². The molecule has 30 heavy (non-hydrogen) atoms. The summed E-state index contributed by atoms with van der Waals surface area (Å²) in [4.78, 5) is 24.7. The van der Waals surface area contributed by atoms with Gasteiger partial charge in [-0.25, -0.2) is 0 Å². The average molecular weight is 399 g/mol. The summed E-state index contributed by atoms with van der Waals surface area (Å²) < 4.78 is 11.0. The normalized spacial score (nSPS) is 15.2. The number of hydrogen-bond acceptors (Lipinski definition) is 5. The Morgan fingerprint density at radius 2 is 1.90 bits per heavy atom. The fraction of sp³-hybridized carbons (Fsp3) is 0.0870. The molecule has 0 spiro atoms. The number of hydrogen-bond donors (Lipinski definition) is 2. The third kappa shape index (κ3) is 3.16. The zero-order chi connectivity index (χ0) is 20.7. The number of ether oxygens (including phenoxy) is 1. The van der Waals surface area contributed by atoms with Crippen LogP contribution in [0.1, 0.15) is 17.3 Å². The fourth-order valence-corrected chi connectivity index (χ4v) is 3.37. The summed E-state index contributed by atoms with van der Waals surface area (Å²) in [5.74, 6) is 0.673. The van der Waals surface area contributed by atoms with E-state index in [1.807, 2.05) is 30.3 Å². The van der Waals surface area contributed by atoms with E-state index in [-0.39, 0.29) is 11.8 Å². The highest BCUT2D eigenvalue weighted by Crippen LogP contribution is 2.33. The van der Waals surface area contributed by atoms with Gasteiger partial charge < -0.3 is 19.9 Å². The third-order valence-electron chi connectivity index (χ3n) is 4.94. The van der Waals surface area contributed by atoms with Crippen LogP contribution in [0.2, 0.25) is 0 Å². The largest absolute Gasteiger partial charge is 0.479 e. The minimum atomic E-state index is -0.549. The maximum absolute atomic E-state index is 12.8. The highest BCUT2D eigenvalue weighted by atomic mass is 16.5. The third-order valence-corrected chi connectivity index (χ3v) is 4.94. The van der Waals surface area contributed by atoms with Crippen LogP contribution in [0.15, 0.2) is 71.3 Å². The molecule has 0 aliphatic carbocycles. The lowest BCUT2D eigenvalue weighted by Gasteiger charge is -2.23. The van der Waals surface area contributed by atoms with Gasteiger partial charge in [-0.05, 0) is 43.3 Å². The lowest BCUT2D eigenvalue weighted by atomic mass is 10.1. The number of amides is 2. The summed E-state index contributed by atoms with van der Waals surface area (Å²) >= 11 is 0. The second kappa shape index (κ2) is 7.04. The number of carbonyl (C=O) groups is 2. The van der Waals surface area contributed by atoms with Crippen molar-refractivity contribution >= 4 is 34.1 Å². The van der Waals surface area contributed by atoms with Crippen molar-refractivity contribution in [1.82, 2.24) is 5.16 Å². The van der Waals surface area contributed by atoms with E-state index in [4.69, 9.17) is 9.26 Å². The van der Waals surface area contributed by atoms with Crippen molar-refractivity contribution in [2.75, 3.05) is 10.6 Å². The van der Waals surface area contributed by atoms with Crippen molar-refractivity contribution in [2.24, 2.45) is 0 Å². The molecule has 7 nitrogen and oxygen atoms in total. The van der Waals surface area contributed by atoms with Gasteiger partial charge in [0, 0.05) is 16.8 Å². The van der Waals surface area contributed by atoms with Crippen molar-refractivity contribution in [1.29, 1.82) is 0 Å². The van der Waals surface area contributed by atoms with E-state index >= 15 is 0 Å². The van der Waals surface area contributed by atoms with Gasteiger partial charge in [0.2, 0.25) is 0 Å². The zero-order valence-corrected chi connectivity index (χ0v) is 16.0. The number of nitrogens with zero attached hydrogens (tertiary/aromatic N) is 1. The van der Waals surface area contributed by atoms with E-state index in [0.717, 1.165) is 10.9 Å². The minimum absolute atomic E-state index is 0.225. The van der Waals surface area contributed by atoms with Crippen molar-refractivity contribution in [3.05, 3.63) is 72.3 Å². The predicted molar refractivity (Wildman–Crippen MR) is 113 cm³/mol. The highest BCUT2D eigenvalue weighted by molar-refractivity contribution is 6.08. The van der Waals surface area contributed by atoms with Gasteiger partial charge >= 0.3 is 0 Å². The molecule has 0 radical (unpaired) electrons. The Bertz CT molecular complexity index is 1280. The van der Waals surface area contributed by atoms with Crippen LogP contribution in [0, 0.1) is 0 Å². The topological polar surface area (TPSA) is 93.5 Å². The lowest BCUT2D eigenvalue weighted by molar-refractivity contribution is -0.122. The van der Waals surface area contributed by atoms with Crippen LogP contribution >= 0.6 is 0 Å². The molecular formula is C23H17N3O4. The minimum Gasteiger partial charge on any atom is -0.479 e. The molecule has 4 aromatic rings. The van der Waals surface area contributed by atoms with Crippen LogP contribution in [0.25, 0.3) is 22.2 Å². The van der Waals surface area contributed by atoms with E-state index in [9.17, 15) is 9.59 Å². The number of rotatable bonds is 3. The summed E-state index contributed by atoms with van der Waals surface area (Å²) in [5.41, 5.74) is 3.10. The lowest BCUT2D eigenvalue weighted by Crippen LogP contribution is -2.34. The number of nitrogens with one attached hydrogen (secondary N) is 2. The summed E-state index contributed by atoms with van der Waals surface area (Å²) in [6.07, 6.45) is -0.549. The molecule has 0 bridgehead atoms. The van der Waals surface area contributed by atoms with E-state index in [0.29, 0.717) is 34.0 Å². The van der Waals surface area contributed by atoms with Crippen LogP contribution in [-0.4, -0.2) is 23.1 Å². The van der Waals surface area contributed by atoms with Crippen molar-refractivity contribution in [2.45, 2.75) is 13.0 Å². The molecule has 1 aliphatic heterocycles. The first-order valence-corrected chi connectivity index (χ1v) is 9.46. The van der Waals surface area contributed by atoms with Crippen LogP contribution in [-0.2, 0) is 4.79 Å². The Morgan fingerprint density at radius 3 is 2.73 bits per heavy atom. The average Bonchev–Trinajstić information content (AvgIpc) is 3.18. The maximum Gasteiger partial charge on any atom is 0.265 e. The molecule has 1 aliphatic rings. The Labute approximate surface area is 171 Å². The summed E-state index contributed by atoms with van der Waals surface area (Å²) in [7, 11) is 0. The number of aromatic nitrogens is 1. The Kier molecular flexibility index (Phi) is 4.21. The Balaban J connectivity index is 1.43. The second-order valence-electron chi connectivity index (χ2n) is 7.02.